The highest BCUT2D eigenvalue weighted by atomic mass is 32.2. The molecule has 0 bridgehead atoms. The molecule has 4 atom stereocenters. The highest BCUT2D eigenvalue weighted by Gasteiger charge is 2.34. The van der Waals surface area contributed by atoms with Crippen molar-refractivity contribution in [1.29, 1.82) is 0 Å². The van der Waals surface area contributed by atoms with Gasteiger partial charge in [0.15, 0.2) is 0 Å². The van der Waals surface area contributed by atoms with Crippen LogP contribution < -0.4 is 15.4 Å². The van der Waals surface area contributed by atoms with Gasteiger partial charge in [-0.25, -0.2) is 13.1 Å². The molecule has 0 saturated carbocycles. The lowest BCUT2D eigenvalue weighted by molar-refractivity contribution is -0.127. The molecule has 3 aromatic rings. The highest BCUT2D eigenvalue weighted by Crippen LogP contribution is 2.32. The van der Waals surface area contributed by atoms with Crippen LogP contribution in [-0.4, -0.2) is 50.3 Å². The van der Waals surface area contributed by atoms with Crippen LogP contribution in [0.5, 0.6) is 0 Å². The average Bonchev–Trinajstić information content (AvgIpc) is 3.22. The number of rotatable bonds is 11. The van der Waals surface area contributed by atoms with Crippen LogP contribution in [0.2, 0.25) is 0 Å². The van der Waals surface area contributed by atoms with Gasteiger partial charge in [-0.2, -0.15) is 0 Å². The largest absolute Gasteiger partial charge is 0.392 e. The van der Waals surface area contributed by atoms with Crippen LogP contribution in [0, 0.1) is 5.92 Å². The molecule has 1 aliphatic carbocycles. The summed E-state index contributed by atoms with van der Waals surface area (Å²) in [5.41, 5.74) is 3.59. The molecule has 0 saturated heterocycles. The summed E-state index contributed by atoms with van der Waals surface area (Å²) < 4.78 is 27.8. The normalized spacial score (nSPS) is 18.6. The van der Waals surface area contributed by atoms with E-state index in [2.05, 4.69) is 15.4 Å². The standard InChI is InChI=1S/C28H33N3O5S/c1-29-22-11-13-24(14-12-22)37(35,36)30-18-23(32)16-21(15-19-7-3-2-4-8-19)28(34)31-27-25-10-6-5-9-20(25)17-26(27)33/h2-14,21,23,26-27,29-30,32-33H,15-18H2,1H3,(H,31,34)/t21-,23+,26-,27+/m1/s1. The Labute approximate surface area is 217 Å². The number of anilines is 1. The molecule has 8 nitrogen and oxygen atoms in total. The molecule has 0 heterocycles. The topological polar surface area (TPSA) is 128 Å². The number of nitrogens with one attached hydrogen (secondary N) is 3. The van der Waals surface area contributed by atoms with E-state index in [1.54, 1.807) is 19.2 Å². The maximum atomic E-state index is 13.4. The fourth-order valence-electron chi connectivity index (χ4n) is 4.70. The number of amides is 1. The van der Waals surface area contributed by atoms with E-state index >= 15 is 0 Å². The van der Waals surface area contributed by atoms with Crippen LogP contribution >= 0.6 is 0 Å². The molecule has 1 aliphatic rings. The fraction of sp³-hybridized carbons (Fsp3) is 0.321. The lowest BCUT2D eigenvalue weighted by atomic mass is 9.92. The number of benzene rings is 3. The Kier molecular flexibility index (Phi) is 8.60. The number of hydrogen-bond donors (Lipinski definition) is 5. The number of aliphatic hydroxyl groups is 2. The second-order valence-electron chi connectivity index (χ2n) is 9.36. The third-order valence-corrected chi connectivity index (χ3v) is 8.16. The summed E-state index contributed by atoms with van der Waals surface area (Å²) in [7, 11) is -2.08. The van der Waals surface area contributed by atoms with Crippen molar-refractivity contribution in [3.8, 4) is 0 Å². The van der Waals surface area contributed by atoms with Crippen LogP contribution in [0.4, 0.5) is 5.69 Å². The zero-order chi connectivity index (χ0) is 26.4. The quantitative estimate of drug-likeness (QED) is 0.263. The third kappa shape index (κ3) is 6.75. The van der Waals surface area contributed by atoms with Crippen molar-refractivity contribution >= 4 is 21.6 Å². The molecular weight excluding hydrogens is 490 g/mol. The molecule has 4 rings (SSSR count). The van der Waals surface area contributed by atoms with Crippen molar-refractivity contribution in [2.24, 2.45) is 5.92 Å². The second-order valence-corrected chi connectivity index (χ2v) is 11.1. The maximum Gasteiger partial charge on any atom is 0.240 e. The zero-order valence-corrected chi connectivity index (χ0v) is 21.5. The Hall–Kier alpha value is -3.24. The summed E-state index contributed by atoms with van der Waals surface area (Å²) in [6, 6.07) is 22.8. The Morgan fingerprint density at radius 3 is 2.38 bits per heavy atom. The van der Waals surface area contributed by atoms with Gasteiger partial charge in [0, 0.05) is 31.6 Å². The smallest absolute Gasteiger partial charge is 0.240 e. The van der Waals surface area contributed by atoms with Crippen LogP contribution in [0.3, 0.4) is 0 Å². The van der Waals surface area contributed by atoms with E-state index in [-0.39, 0.29) is 23.8 Å². The molecule has 9 heteroatoms. The number of carbonyl (C=O) groups excluding carboxylic acids is 1. The molecule has 0 aromatic heterocycles. The van der Waals surface area contributed by atoms with Crippen molar-refractivity contribution in [3.05, 3.63) is 95.6 Å². The number of carbonyl (C=O) groups is 1. The summed E-state index contributed by atoms with van der Waals surface area (Å²) in [4.78, 5) is 13.5. The zero-order valence-electron chi connectivity index (χ0n) is 20.7. The van der Waals surface area contributed by atoms with Crippen molar-refractivity contribution in [2.45, 2.75) is 42.4 Å². The van der Waals surface area contributed by atoms with E-state index in [4.69, 9.17) is 0 Å². The van der Waals surface area contributed by atoms with Gasteiger partial charge >= 0.3 is 0 Å². The molecule has 5 N–H and O–H groups in total. The van der Waals surface area contributed by atoms with E-state index < -0.39 is 34.2 Å². The van der Waals surface area contributed by atoms with Gasteiger partial charge in [-0.05, 0) is 53.8 Å². The third-order valence-electron chi connectivity index (χ3n) is 6.72. The van der Waals surface area contributed by atoms with Crippen molar-refractivity contribution in [1.82, 2.24) is 10.0 Å². The molecule has 1 amide bonds. The molecule has 37 heavy (non-hydrogen) atoms. The molecular formula is C28H33N3O5S. The van der Waals surface area contributed by atoms with Crippen molar-refractivity contribution in [2.75, 3.05) is 18.9 Å². The summed E-state index contributed by atoms with van der Waals surface area (Å²) in [6.45, 7) is -0.233. The summed E-state index contributed by atoms with van der Waals surface area (Å²) in [6.07, 6.45) is -0.945. The molecule has 0 radical (unpaired) electrons. The van der Waals surface area contributed by atoms with E-state index in [0.717, 1.165) is 22.4 Å². The molecule has 0 fully saturated rings. The molecule has 3 aromatic carbocycles. The molecule has 0 spiro atoms. The monoisotopic (exact) mass is 523 g/mol. The number of fused-ring (bicyclic) bond motifs is 1. The van der Waals surface area contributed by atoms with Gasteiger partial charge in [-0.15, -0.1) is 0 Å². The summed E-state index contributed by atoms with van der Waals surface area (Å²) in [5.74, 6) is -0.925. The van der Waals surface area contributed by atoms with E-state index in [1.165, 1.54) is 12.1 Å². The van der Waals surface area contributed by atoms with Crippen molar-refractivity contribution < 1.29 is 23.4 Å². The average molecular weight is 524 g/mol. The van der Waals surface area contributed by atoms with E-state index in [9.17, 15) is 23.4 Å². The predicted molar refractivity (Wildman–Crippen MR) is 142 cm³/mol. The molecule has 0 aliphatic heterocycles. The van der Waals surface area contributed by atoms with Gasteiger partial charge in [0.05, 0.1) is 23.1 Å². The minimum atomic E-state index is -3.83. The van der Waals surface area contributed by atoms with Crippen molar-refractivity contribution in [3.63, 3.8) is 0 Å². The minimum absolute atomic E-state index is 0.0480. The first-order valence-corrected chi connectivity index (χ1v) is 13.8. The first-order chi connectivity index (χ1) is 17.8. The van der Waals surface area contributed by atoms with Gasteiger partial charge in [0.1, 0.15) is 0 Å². The van der Waals surface area contributed by atoms with Crippen LogP contribution in [0.1, 0.15) is 29.2 Å². The van der Waals surface area contributed by atoms with Gasteiger partial charge in [0.2, 0.25) is 15.9 Å². The van der Waals surface area contributed by atoms with Crippen LogP contribution in [0.25, 0.3) is 0 Å². The maximum absolute atomic E-state index is 13.4. The Bertz CT molecular complexity index is 1300. The van der Waals surface area contributed by atoms with Gasteiger partial charge in [-0.3, -0.25) is 4.79 Å². The number of hydrogen-bond acceptors (Lipinski definition) is 6. The van der Waals surface area contributed by atoms with Gasteiger partial charge < -0.3 is 20.8 Å². The van der Waals surface area contributed by atoms with Crippen LogP contribution in [0.15, 0.2) is 83.8 Å². The predicted octanol–water partition coefficient (Wildman–Crippen LogP) is 2.39. The van der Waals surface area contributed by atoms with Gasteiger partial charge in [0.25, 0.3) is 0 Å². The lowest BCUT2D eigenvalue weighted by Gasteiger charge is -2.24. The lowest BCUT2D eigenvalue weighted by Crippen LogP contribution is -2.41. The number of sulfonamides is 1. The fourth-order valence-corrected chi connectivity index (χ4v) is 5.78. The summed E-state index contributed by atoms with van der Waals surface area (Å²) >= 11 is 0. The molecule has 0 unspecified atom stereocenters. The molecule has 196 valence electrons. The minimum Gasteiger partial charge on any atom is -0.392 e. The Morgan fingerprint density at radius 2 is 1.68 bits per heavy atom. The Morgan fingerprint density at radius 1 is 1.00 bits per heavy atom. The Balaban J connectivity index is 1.44. The highest BCUT2D eigenvalue weighted by molar-refractivity contribution is 7.89. The second kappa shape index (κ2) is 11.9. The SMILES string of the molecule is CNc1ccc(S(=O)(=O)NC[C@@H](O)C[C@@H](Cc2ccccc2)C(=O)N[C@H]2c3ccccc3C[C@H]2O)cc1. The van der Waals surface area contributed by atoms with Gasteiger partial charge in [-0.1, -0.05) is 54.6 Å². The first kappa shape index (κ1) is 26.8. The first-order valence-electron chi connectivity index (χ1n) is 12.3. The number of aliphatic hydroxyl groups excluding tert-OH is 2. The van der Waals surface area contributed by atoms with E-state index in [0.29, 0.717) is 12.8 Å². The van der Waals surface area contributed by atoms with E-state index in [1.807, 2.05) is 54.6 Å². The summed E-state index contributed by atoms with van der Waals surface area (Å²) in [5, 5.41) is 27.2. The van der Waals surface area contributed by atoms with Crippen LogP contribution in [-0.2, 0) is 27.7 Å².